The Morgan fingerprint density at radius 2 is 2.43 bits per heavy atom. The third kappa shape index (κ3) is 2.76. The standard InChI is InChI=1S/C4H7BrFN/c5-1-4(2-6)3-7/h2H,1,3,7H2/b4-2-. The number of halogens is 2. The normalized spacial score (nSPS) is 12.1. The molecular formula is C4H7BrFN. The van der Waals surface area contributed by atoms with Crippen LogP contribution in [-0.2, 0) is 0 Å². The van der Waals surface area contributed by atoms with Crippen molar-refractivity contribution in [2.75, 3.05) is 11.9 Å². The fourth-order valence-corrected chi connectivity index (χ4v) is 0.480. The first kappa shape index (κ1) is 7.11. The van der Waals surface area contributed by atoms with Gasteiger partial charge in [-0.05, 0) is 5.57 Å². The van der Waals surface area contributed by atoms with Gasteiger partial charge in [-0.25, -0.2) is 4.39 Å². The van der Waals surface area contributed by atoms with Crippen LogP contribution in [-0.4, -0.2) is 11.9 Å². The summed E-state index contributed by atoms with van der Waals surface area (Å²) in [6.07, 6.45) is 0.523. The molecule has 7 heavy (non-hydrogen) atoms. The Labute approximate surface area is 50.5 Å². The van der Waals surface area contributed by atoms with Crippen LogP contribution in [0, 0.1) is 0 Å². The first-order valence-corrected chi connectivity index (χ1v) is 3.01. The predicted molar refractivity (Wildman–Crippen MR) is 32.0 cm³/mol. The van der Waals surface area contributed by atoms with E-state index in [2.05, 4.69) is 15.9 Å². The molecular weight excluding hydrogens is 161 g/mol. The van der Waals surface area contributed by atoms with Gasteiger partial charge in [-0.3, -0.25) is 0 Å². The van der Waals surface area contributed by atoms with Gasteiger partial charge in [0.05, 0.1) is 6.33 Å². The molecule has 42 valence electrons. The average Bonchev–Trinajstić information content (AvgIpc) is 1.72. The summed E-state index contributed by atoms with van der Waals surface area (Å²) in [4.78, 5) is 0. The summed E-state index contributed by atoms with van der Waals surface area (Å²) in [6, 6.07) is 0. The average molecular weight is 168 g/mol. The van der Waals surface area contributed by atoms with Crippen molar-refractivity contribution in [1.29, 1.82) is 0 Å². The third-order valence-corrected chi connectivity index (χ3v) is 1.31. The Balaban J connectivity index is 3.38. The minimum atomic E-state index is 0.293. The second-order valence-corrected chi connectivity index (χ2v) is 1.67. The van der Waals surface area contributed by atoms with Crippen LogP contribution < -0.4 is 5.73 Å². The van der Waals surface area contributed by atoms with E-state index in [1.54, 1.807) is 0 Å². The van der Waals surface area contributed by atoms with Crippen LogP contribution in [0.3, 0.4) is 0 Å². The second-order valence-electron chi connectivity index (χ2n) is 1.11. The Morgan fingerprint density at radius 1 is 1.86 bits per heavy atom. The van der Waals surface area contributed by atoms with Gasteiger partial charge in [-0.2, -0.15) is 0 Å². The van der Waals surface area contributed by atoms with E-state index in [0.29, 0.717) is 23.8 Å². The van der Waals surface area contributed by atoms with E-state index >= 15 is 0 Å². The number of nitrogens with two attached hydrogens (primary N) is 1. The molecule has 0 aliphatic heterocycles. The number of alkyl halides is 1. The molecule has 2 N–H and O–H groups in total. The van der Waals surface area contributed by atoms with Gasteiger partial charge in [0.25, 0.3) is 0 Å². The summed E-state index contributed by atoms with van der Waals surface area (Å²) in [5.74, 6) is 0. The van der Waals surface area contributed by atoms with Crippen molar-refractivity contribution in [3.63, 3.8) is 0 Å². The molecule has 3 heteroatoms. The molecule has 0 bridgehead atoms. The van der Waals surface area contributed by atoms with Gasteiger partial charge in [0.15, 0.2) is 0 Å². The molecule has 1 nitrogen and oxygen atoms in total. The highest BCUT2D eigenvalue weighted by atomic mass is 79.9. The molecule has 0 aliphatic carbocycles. The number of hydrogen-bond acceptors (Lipinski definition) is 1. The van der Waals surface area contributed by atoms with Crippen LogP contribution in [0.1, 0.15) is 0 Å². The van der Waals surface area contributed by atoms with Crippen molar-refractivity contribution in [3.05, 3.63) is 11.9 Å². The van der Waals surface area contributed by atoms with Gasteiger partial charge >= 0.3 is 0 Å². The molecule has 0 heterocycles. The SMILES string of the molecule is NC/C(=C\F)CBr. The van der Waals surface area contributed by atoms with Crippen LogP contribution in [0.4, 0.5) is 4.39 Å². The summed E-state index contributed by atoms with van der Waals surface area (Å²) >= 11 is 3.05. The summed E-state index contributed by atoms with van der Waals surface area (Å²) in [6.45, 7) is 0.293. The number of hydrogen-bond donors (Lipinski definition) is 1. The lowest BCUT2D eigenvalue weighted by atomic mass is 10.4. The largest absolute Gasteiger partial charge is 0.327 e. The zero-order chi connectivity index (χ0) is 5.70. The number of rotatable bonds is 2. The quantitative estimate of drug-likeness (QED) is 0.615. The Kier molecular flexibility index (Phi) is 4.34. The first-order valence-electron chi connectivity index (χ1n) is 1.89. The molecule has 0 unspecified atom stereocenters. The highest BCUT2D eigenvalue weighted by molar-refractivity contribution is 9.09. The van der Waals surface area contributed by atoms with E-state index in [1.165, 1.54) is 0 Å². The molecule has 0 aromatic heterocycles. The van der Waals surface area contributed by atoms with Crippen molar-refractivity contribution < 1.29 is 4.39 Å². The Bertz CT molecular complexity index is 66.1. The summed E-state index contributed by atoms with van der Waals surface area (Å²) in [5.41, 5.74) is 5.64. The molecule has 0 saturated carbocycles. The Morgan fingerprint density at radius 3 is 2.43 bits per heavy atom. The van der Waals surface area contributed by atoms with Crippen molar-refractivity contribution >= 4 is 15.9 Å². The van der Waals surface area contributed by atoms with Gasteiger partial charge in [-0.1, -0.05) is 15.9 Å². The zero-order valence-electron chi connectivity index (χ0n) is 3.82. The molecule has 0 amide bonds. The Hall–Kier alpha value is 0.110. The maximum atomic E-state index is 11.4. The molecule has 0 aromatic carbocycles. The zero-order valence-corrected chi connectivity index (χ0v) is 5.41. The molecule has 0 spiro atoms. The molecule has 0 atom stereocenters. The topological polar surface area (TPSA) is 26.0 Å². The van der Waals surface area contributed by atoms with Gasteiger partial charge in [0.2, 0.25) is 0 Å². The van der Waals surface area contributed by atoms with Crippen molar-refractivity contribution in [2.45, 2.75) is 0 Å². The minimum absolute atomic E-state index is 0.293. The van der Waals surface area contributed by atoms with Gasteiger partial charge in [0.1, 0.15) is 0 Å². The van der Waals surface area contributed by atoms with E-state index in [-0.39, 0.29) is 0 Å². The van der Waals surface area contributed by atoms with Crippen molar-refractivity contribution in [2.24, 2.45) is 5.73 Å². The lowest BCUT2D eigenvalue weighted by molar-refractivity contribution is 0.706. The molecule has 0 fully saturated rings. The van der Waals surface area contributed by atoms with E-state index in [9.17, 15) is 4.39 Å². The molecule has 0 aromatic rings. The fourth-order valence-electron chi connectivity index (χ4n) is 0.128. The van der Waals surface area contributed by atoms with E-state index in [0.717, 1.165) is 0 Å². The first-order chi connectivity index (χ1) is 3.35. The summed E-state index contributed by atoms with van der Waals surface area (Å²) in [5, 5.41) is 0.528. The fraction of sp³-hybridized carbons (Fsp3) is 0.500. The monoisotopic (exact) mass is 167 g/mol. The van der Waals surface area contributed by atoms with Crippen LogP contribution in [0.25, 0.3) is 0 Å². The maximum absolute atomic E-state index is 11.4. The maximum Gasteiger partial charge on any atom is 0.0880 e. The van der Waals surface area contributed by atoms with Crippen molar-refractivity contribution in [1.82, 2.24) is 0 Å². The van der Waals surface area contributed by atoms with Crippen LogP contribution >= 0.6 is 15.9 Å². The van der Waals surface area contributed by atoms with Crippen molar-refractivity contribution in [3.8, 4) is 0 Å². The second kappa shape index (κ2) is 4.27. The molecule has 0 aliphatic rings. The van der Waals surface area contributed by atoms with Crippen LogP contribution in [0.5, 0.6) is 0 Å². The lowest BCUT2D eigenvalue weighted by Crippen LogP contribution is -2.02. The predicted octanol–water partition coefficient (Wildman–Crippen LogP) is 1.19. The summed E-state index contributed by atoms with van der Waals surface area (Å²) in [7, 11) is 0. The van der Waals surface area contributed by atoms with Crippen LogP contribution in [0.2, 0.25) is 0 Å². The lowest BCUT2D eigenvalue weighted by Gasteiger charge is -1.89. The third-order valence-electron chi connectivity index (χ3n) is 0.588. The molecule has 0 saturated heterocycles. The van der Waals surface area contributed by atoms with E-state index < -0.39 is 0 Å². The smallest absolute Gasteiger partial charge is 0.0880 e. The van der Waals surface area contributed by atoms with Gasteiger partial charge < -0.3 is 5.73 Å². The highest BCUT2D eigenvalue weighted by Gasteiger charge is 1.86. The van der Waals surface area contributed by atoms with Crippen LogP contribution in [0.15, 0.2) is 11.9 Å². The molecule has 0 radical (unpaired) electrons. The van der Waals surface area contributed by atoms with Gasteiger partial charge in [-0.15, -0.1) is 0 Å². The van der Waals surface area contributed by atoms with E-state index in [1.807, 2.05) is 0 Å². The van der Waals surface area contributed by atoms with E-state index in [4.69, 9.17) is 5.73 Å². The molecule has 0 rings (SSSR count). The highest BCUT2D eigenvalue weighted by Crippen LogP contribution is 1.95. The van der Waals surface area contributed by atoms with Gasteiger partial charge in [0, 0.05) is 11.9 Å². The minimum Gasteiger partial charge on any atom is -0.327 e. The summed E-state index contributed by atoms with van der Waals surface area (Å²) < 4.78 is 11.4.